The number of hydrogen-bond donors (Lipinski definition) is 0. The first-order valence-electron chi connectivity index (χ1n) is 4.98. The number of rotatable bonds is 5. The van der Waals surface area contributed by atoms with Crippen LogP contribution in [0, 0.1) is 5.92 Å². The van der Waals surface area contributed by atoms with Crippen molar-refractivity contribution in [1.29, 1.82) is 0 Å². The van der Waals surface area contributed by atoms with Crippen LogP contribution in [-0.4, -0.2) is 11.9 Å². The van der Waals surface area contributed by atoms with Crippen molar-refractivity contribution >= 4 is 11.9 Å². The summed E-state index contributed by atoms with van der Waals surface area (Å²) in [6, 6.07) is 0. The maximum absolute atomic E-state index is 11.0. The van der Waals surface area contributed by atoms with Gasteiger partial charge < -0.3 is 4.74 Å². The van der Waals surface area contributed by atoms with Gasteiger partial charge in [0, 0.05) is 6.42 Å². The van der Waals surface area contributed by atoms with Gasteiger partial charge in [-0.2, -0.15) is 0 Å². The molecule has 3 heteroatoms. The van der Waals surface area contributed by atoms with Gasteiger partial charge in [-0.1, -0.05) is 19.8 Å². The van der Waals surface area contributed by atoms with Crippen LogP contribution in [0.15, 0.2) is 0 Å². The summed E-state index contributed by atoms with van der Waals surface area (Å²) in [5, 5.41) is 0. The average Bonchev–Trinajstić information content (AvgIpc) is 2.86. The SMILES string of the molecule is CCCCCC(=O)OC(=O)C1CC1. The fraction of sp³-hybridized carbons (Fsp3) is 0.800. The number of carbonyl (C=O) groups excluding carboxylic acids is 2. The molecule has 0 amide bonds. The summed E-state index contributed by atoms with van der Waals surface area (Å²) in [5.41, 5.74) is 0. The molecule has 0 bridgehead atoms. The van der Waals surface area contributed by atoms with Crippen LogP contribution in [0.5, 0.6) is 0 Å². The molecule has 0 aliphatic heterocycles. The monoisotopic (exact) mass is 184 g/mol. The molecule has 0 spiro atoms. The third kappa shape index (κ3) is 4.06. The third-order valence-electron chi connectivity index (χ3n) is 2.11. The summed E-state index contributed by atoms with van der Waals surface area (Å²) < 4.78 is 4.64. The van der Waals surface area contributed by atoms with Crippen LogP contribution in [0.3, 0.4) is 0 Å². The smallest absolute Gasteiger partial charge is 0.316 e. The second-order valence-electron chi connectivity index (χ2n) is 3.52. The van der Waals surface area contributed by atoms with Gasteiger partial charge in [-0.25, -0.2) is 0 Å². The lowest BCUT2D eigenvalue weighted by Gasteiger charge is -2.00. The molecular formula is C10H16O3. The zero-order valence-electron chi connectivity index (χ0n) is 8.04. The standard InChI is InChI=1S/C10H16O3/c1-2-3-4-5-9(11)13-10(12)8-6-7-8/h8H,2-7H2,1H3. The Morgan fingerprint density at radius 2 is 2.00 bits per heavy atom. The maximum Gasteiger partial charge on any atom is 0.316 e. The lowest BCUT2D eigenvalue weighted by atomic mass is 10.2. The molecule has 0 atom stereocenters. The highest BCUT2D eigenvalue weighted by Crippen LogP contribution is 2.30. The maximum atomic E-state index is 11.0. The summed E-state index contributed by atoms with van der Waals surface area (Å²) in [4.78, 5) is 22.0. The summed E-state index contributed by atoms with van der Waals surface area (Å²) in [7, 11) is 0. The second-order valence-corrected chi connectivity index (χ2v) is 3.52. The molecule has 1 fully saturated rings. The van der Waals surface area contributed by atoms with Gasteiger partial charge in [0.05, 0.1) is 5.92 Å². The molecule has 0 saturated heterocycles. The first kappa shape index (κ1) is 10.2. The van der Waals surface area contributed by atoms with Crippen molar-refractivity contribution < 1.29 is 14.3 Å². The Balaban J connectivity index is 2.06. The first-order chi connectivity index (χ1) is 6.24. The lowest BCUT2D eigenvalue weighted by molar-refractivity contribution is -0.160. The fourth-order valence-corrected chi connectivity index (χ4v) is 1.08. The van der Waals surface area contributed by atoms with E-state index in [1.54, 1.807) is 0 Å². The molecular weight excluding hydrogens is 168 g/mol. The predicted octanol–water partition coefficient (Wildman–Crippen LogP) is 2.05. The van der Waals surface area contributed by atoms with Crippen LogP contribution in [0.1, 0.15) is 45.4 Å². The van der Waals surface area contributed by atoms with E-state index in [1.165, 1.54) is 0 Å². The Morgan fingerprint density at radius 3 is 2.54 bits per heavy atom. The number of esters is 2. The van der Waals surface area contributed by atoms with Crippen molar-refractivity contribution in [3.8, 4) is 0 Å². The topological polar surface area (TPSA) is 43.4 Å². The highest BCUT2D eigenvalue weighted by molar-refractivity contribution is 5.87. The van der Waals surface area contributed by atoms with Crippen molar-refractivity contribution in [2.75, 3.05) is 0 Å². The highest BCUT2D eigenvalue weighted by atomic mass is 16.6. The van der Waals surface area contributed by atoms with Gasteiger partial charge in [0.25, 0.3) is 0 Å². The van der Waals surface area contributed by atoms with E-state index in [9.17, 15) is 9.59 Å². The minimum Gasteiger partial charge on any atom is -0.393 e. The summed E-state index contributed by atoms with van der Waals surface area (Å²) in [6.07, 6.45) is 5.08. The van der Waals surface area contributed by atoms with Crippen LogP contribution in [0.4, 0.5) is 0 Å². The van der Waals surface area contributed by atoms with Gasteiger partial charge in [-0.05, 0) is 19.3 Å². The summed E-state index contributed by atoms with van der Waals surface area (Å²) in [6.45, 7) is 2.07. The van der Waals surface area contributed by atoms with E-state index in [0.29, 0.717) is 6.42 Å². The molecule has 1 aliphatic carbocycles. The largest absolute Gasteiger partial charge is 0.393 e. The highest BCUT2D eigenvalue weighted by Gasteiger charge is 2.32. The van der Waals surface area contributed by atoms with E-state index in [4.69, 9.17) is 0 Å². The molecule has 0 aromatic rings. The number of carbonyl (C=O) groups is 2. The van der Waals surface area contributed by atoms with Crippen LogP contribution >= 0.6 is 0 Å². The molecule has 0 heterocycles. The van der Waals surface area contributed by atoms with Crippen LogP contribution in [0.2, 0.25) is 0 Å². The normalized spacial score (nSPS) is 15.5. The quantitative estimate of drug-likeness (QED) is 0.373. The third-order valence-corrected chi connectivity index (χ3v) is 2.11. The second kappa shape index (κ2) is 5.00. The zero-order valence-corrected chi connectivity index (χ0v) is 8.04. The van der Waals surface area contributed by atoms with E-state index in [1.807, 2.05) is 0 Å². The van der Waals surface area contributed by atoms with E-state index >= 15 is 0 Å². The Morgan fingerprint density at radius 1 is 1.31 bits per heavy atom. The van der Waals surface area contributed by atoms with Crippen LogP contribution in [0.25, 0.3) is 0 Å². The summed E-state index contributed by atoms with van der Waals surface area (Å²) in [5.74, 6) is -0.651. The van der Waals surface area contributed by atoms with Crippen molar-refractivity contribution in [2.24, 2.45) is 5.92 Å². The molecule has 0 aromatic carbocycles. The zero-order chi connectivity index (χ0) is 9.68. The van der Waals surface area contributed by atoms with Crippen molar-refractivity contribution in [1.82, 2.24) is 0 Å². The van der Waals surface area contributed by atoms with E-state index in [-0.39, 0.29) is 17.9 Å². The molecule has 0 radical (unpaired) electrons. The van der Waals surface area contributed by atoms with Gasteiger partial charge in [0.1, 0.15) is 0 Å². The van der Waals surface area contributed by atoms with Crippen molar-refractivity contribution in [2.45, 2.75) is 45.4 Å². The molecule has 0 unspecified atom stereocenters. The number of unbranched alkanes of at least 4 members (excludes halogenated alkanes) is 2. The van der Waals surface area contributed by atoms with Gasteiger partial charge in [-0.15, -0.1) is 0 Å². The molecule has 0 aromatic heterocycles. The molecule has 13 heavy (non-hydrogen) atoms. The fourth-order valence-electron chi connectivity index (χ4n) is 1.08. The Bertz CT molecular complexity index is 194. The number of hydrogen-bond acceptors (Lipinski definition) is 3. The Kier molecular flexibility index (Phi) is 3.93. The van der Waals surface area contributed by atoms with E-state index in [2.05, 4.69) is 11.7 Å². The van der Waals surface area contributed by atoms with E-state index < -0.39 is 0 Å². The van der Waals surface area contributed by atoms with Crippen LogP contribution in [-0.2, 0) is 14.3 Å². The average molecular weight is 184 g/mol. The molecule has 74 valence electrons. The van der Waals surface area contributed by atoms with Gasteiger partial charge in [-0.3, -0.25) is 9.59 Å². The predicted molar refractivity (Wildman–Crippen MR) is 48.0 cm³/mol. The first-order valence-corrected chi connectivity index (χ1v) is 4.98. The summed E-state index contributed by atoms with van der Waals surface area (Å²) >= 11 is 0. The lowest BCUT2D eigenvalue weighted by Crippen LogP contribution is -2.13. The van der Waals surface area contributed by atoms with Crippen molar-refractivity contribution in [3.63, 3.8) is 0 Å². The van der Waals surface area contributed by atoms with Gasteiger partial charge in [0.15, 0.2) is 0 Å². The van der Waals surface area contributed by atoms with Gasteiger partial charge in [0.2, 0.25) is 0 Å². The van der Waals surface area contributed by atoms with Crippen LogP contribution < -0.4 is 0 Å². The molecule has 1 aliphatic rings. The minimum absolute atomic E-state index is 0.0233. The number of ether oxygens (including phenoxy) is 1. The molecule has 1 rings (SSSR count). The Hall–Kier alpha value is -0.860. The van der Waals surface area contributed by atoms with Crippen molar-refractivity contribution in [3.05, 3.63) is 0 Å². The minimum atomic E-state index is -0.356. The molecule has 3 nitrogen and oxygen atoms in total. The molecule has 1 saturated carbocycles. The van der Waals surface area contributed by atoms with E-state index in [0.717, 1.165) is 32.1 Å². The van der Waals surface area contributed by atoms with Gasteiger partial charge >= 0.3 is 11.9 Å². The Labute approximate surface area is 78.5 Å². The molecule has 0 N–H and O–H groups in total.